The van der Waals surface area contributed by atoms with Gasteiger partial charge in [0.1, 0.15) is 6.04 Å². The Morgan fingerprint density at radius 3 is 2.38 bits per heavy atom. The van der Waals surface area contributed by atoms with Crippen LogP contribution in [0.15, 0.2) is 34.2 Å². The highest BCUT2D eigenvalue weighted by Crippen LogP contribution is 2.16. The number of aliphatic imine (C=N–C) groups is 1. The maximum absolute atomic E-state index is 12.2. The van der Waals surface area contributed by atoms with Crippen LogP contribution >= 0.6 is 0 Å². The van der Waals surface area contributed by atoms with Crippen LogP contribution in [0.3, 0.4) is 0 Å². The number of hydrogen-bond donors (Lipinski definition) is 4. The third kappa shape index (κ3) is 5.81. The topological polar surface area (TPSA) is 191 Å². The summed E-state index contributed by atoms with van der Waals surface area (Å²) >= 11 is 0. The Balaban J connectivity index is 2.82. The van der Waals surface area contributed by atoms with E-state index < -0.39 is 27.0 Å². The average molecular weight is 359 g/mol. The minimum absolute atomic E-state index is 0.0294. The lowest BCUT2D eigenvalue weighted by Crippen LogP contribution is -2.40. The van der Waals surface area contributed by atoms with Crippen LogP contribution in [-0.2, 0) is 14.8 Å². The third-order valence-corrected chi connectivity index (χ3v) is 4.39. The Morgan fingerprint density at radius 2 is 1.92 bits per heavy atom. The summed E-state index contributed by atoms with van der Waals surface area (Å²) in [6, 6.07) is 2.71. The Morgan fingerprint density at radius 1 is 1.33 bits per heavy atom. The maximum Gasteiger partial charge on any atom is 0.321 e. The van der Waals surface area contributed by atoms with Gasteiger partial charge in [-0.2, -0.15) is 4.72 Å². The molecule has 1 rings (SSSR count). The molecule has 12 heteroatoms. The first kappa shape index (κ1) is 19.3. The molecule has 0 amide bonds. The molecule has 0 saturated carbocycles. The van der Waals surface area contributed by atoms with Crippen molar-refractivity contribution in [2.24, 2.45) is 16.5 Å². The molecule has 1 atom stereocenters. The van der Waals surface area contributed by atoms with Crippen LogP contribution in [0.1, 0.15) is 12.8 Å². The number of hydrogen-bond acceptors (Lipinski definition) is 6. The highest BCUT2D eigenvalue weighted by atomic mass is 32.2. The minimum Gasteiger partial charge on any atom is -0.480 e. The number of aliphatic carboxylic acids is 1. The molecule has 132 valence electrons. The first-order chi connectivity index (χ1) is 11.1. The predicted octanol–water partition coefficient (Wildman–Crippen LogP) is -0.620. The van der Waals surface area contributed by atoms with Crippen LogP contribution in [0.2, 0.25) is 0 Å². The highest BCUT2D eigenvalue weighted by Gasteiger charge is 2.25. The Bertz CT molecular complexity index is 727. The van der Waals surface area contributed by atoms with Crippen LogP contribution in [0.25, 0.3) is 0 Å². The largest absolute Gasteiger partial charge is 0.480 e. The zero-order valence-electron chi connectivity index (χ0n) is 12.5. The molecule has 0 radical (unpaired) electrons. The van der Waals surface area contributed by atoms with E-state index >= 15 is 0 Å². The maximum atomic E-state index is 12.2. The van der Waals surface area contributed by atoms with E-state index in [1.807, 2.05) is 4.72 Å². The second kappa shape index (κ2) is 8.21. The first-order valence-electron chi connectivity index (χ1n) is 6.68. The van der Waals surface area contributed by atoms with Crippen molar-refractivity contribution in [3.8, 4) is 0 Å². The molecular weight excluding hydrogens is 342 g/mol. The number of non-ortho nitro benzene ring substituents is 1. The monoisotopic (exact) mass is 359 g/mol. The summed E-state index contributed by atoms with van der Waals surface area (Å²) < 4.78 is 26.4. The summed E-state index contributed by atoms with van der Waals surface area (Å²) in [6.45, 7) is 0.158. The van der Waals surface area contributed by atoms with E-state index in [1.54, 1.807) is 0 Å². The van der Waals surface area contributed by atoms with Gasteiger partial charge in [-0.1, -0.05) is 0 Å². The third-order valence-electron chi connectivity index (χ3n) is 2.90. The molecule has 0 fully saturated rings. The smallest absolute Gasteiger partial charge is 0.321 e. The molecule has 0 spiro atoms. The quantitative estimate of drug-likeness (QED) is 0.147. The number of nitrogens with one attached hydrogen (secondary N) is 1. The van der Waals surface area contributed by atoms with Gasteiger partial charge in [0.25, 0.3) is 5.69 Å². The molecule has 1 unspecified atom stereocenters. The fourth-order valence-corrected chi connectivity index (χ4v) is 2.96. The van der Waals surface area contributed by atoms with Crippen molar-refractivity contribution >= 4 is 27.6 Å². The molecule has 24 heavy (non-hydrogen) atoms. The van der Waals surface area contributed by atoms with Crippen LogP contribution in [-0.4, -0.2) is 43.0 Å². The number of nitrogens with zero attached hydrogens (tertiary/aromatic N) is 2. The molecule has 0 aliphatic heterocycles. The Kier molecular flexibility index (Phi) is 6.61. The van der Waals surface area contributed by atoms with Gasteiger partial charge in [-0.15, -0.1) is 0 Å². The number of nitrogens with two attached hydrogens (primary N) is 2. The van der Waals surface area contributed by atoms with Gasteiger partial charge in [0.05, 0.1) is 9.82 Å². The molecule has 1 aromatic rings. The molecule has 1 aromatic carbocycles. The number of carbonyl (C=O) groups is 1. The van der Waals surface area contributed by atoms with Gasteiger partial charge in [0, 0.05) is 18.7 Å². The zero-order chi connectivity index (χ0) is 18.3. The molecule has 0 aliphatic carbocycles. The van der Waals surface area contributed by atoms with Gasteiger partial charge < -0.3 is 16.6 Å². The van der Waals surface area contributed by atoms with E-state index in [-0.39, 0.29) is 35.9 Å². The summed E-state index contributed by atoms with van der Waals surface area (Å²) in [4.78, 5) is 24.5. The van der Waals surface area contributed by atoms with E-state index in [1.165, 1.54) is 0 Å². The molecule has 0 aromatic heterocycles. The molecule has 0 saturated heterocycles. The number of carboxylic acid groups (broad SMARTS) is 1. The second-order valence-electron chi connectivity index (χ2n) is 4.71. The number of carboxylic acids is 1. The van der Waals surface area contributed by atoms with Crippen molar-refractivity contribution < 1.29 is 23.2 Å². The van der Waals surface area contributed by atoms with Crippen LogP contribution in [0.5, 0.6) is 0 Å². The van der Waals surface area contributed by atoms with Gasteiger partial charge >= 0.3 is 5.97 Å². The lowest BCUT2D eigenvalue weighted by Gasteiger charge is -2.14. The Hall–Kier alpha value is -2.73. The summed E-state index contributed by atoms with van der Waals surface area (Å²) in [7, 11) is -4.14. The van der Waals surface area contributed by atoms with Gasteiger partial charge in [-0.3, -0.25) is 19.9 Å². The van der Waals surface area contributed by atoms with Crippen molar-refractivity contribution in [3.63, 3.8) is 0 Å². The fourth-order valence-electron chi connectivity index (χ4n) is 1.74. The molecule has 6 N–H and O–H groups in total. The summed E-state index contributed by atoms with van der Waals surface area (Å²) in [6.07, 6.45) is 0.218. The van der Waals surface area contributed by atoms with Crippen molar-refractivity contribution in [1.82, 2.24) is 4.72 Å². The number of rotatable bonds is 9. The van der Waals surface area contributed by atoms with E-state index in [0.717, 1.165) is 24.3 Å². The van der Waals surface area contributed by atoms with Gasteiger partial charge in [0.2, 0.25) is 10.0 Å². The second-order valence-corrected chi connectivity index (χ2v) is 6.43. The first-order valence-corrected chi connectivity index (χ1v) is 8.17. The normalized spacial score (nSPS) is 12.3. The van der Waals surface area contributed by atoms with E-state index in [2.05, 4.69) is 4.99 Å². The molecule has 11 nitrogen and oxygen atoms in total. The van der Waals surface area contributed by atoms with Gasteiger partial charge in [-0.25, -0.2) is 8.42 Å². The molecule has 0 bridgehead atoms. The van der Waals surface area contributed by atoms with Crippen LogP contribution < -0.4 is 16.2 Å². The predicted molar refractivity (Wildman–Crippen MR) is 84.8 cm³/mol. The molecule has 0 heterocycles. The Labute approximate surface area is 137 Å². The number of sulfonamides is 1. The number of nitro benzene ring substituents is 1. The molecular formula is C12H17N5O6S. The lowest BCUT2D eigenvalue weighted by molar-refractivity contribution is -0.384. The van der Waals surface area contributed by atoms with Crippen molar-refractivity contribution in [3.05, 3.63) is 34.4 Å². The van der Waals surface area contributed by atoms with E-state index in [0.29, 0.717) is 0 Å². The summed E-state index contributed by atoms with van der Waals surface area (Å²) in [5.74, 6) is -1.50. The van der Waals surface area contributed by atoms with Crippen molar-refractivity contribution in [2.45, 2.75) is 23.8 Å². The van der Waals surface area contributed by atoms with E-state index in [9.17, 15) is 23.3 Å². The SMILES string of the molecule is NC(N)=NCCCC(NS(=O)(=O)c1ccc([N+](=O)[O-])cc1)C(=O)O. The fraction of sp³-hybridized carbons (Fsp3) is 0.333. The number of guanidine groups is 1. The average Bonchev–Trinajstić information content (AvgIpc) is 2.49. The summed E-state index contributed by atoms with van der Waals surface area (Å²) in [5.41, 5.74) is 9.99. The van der Waals surface area contributed by atoms with Crippen molar-refractivity contribution in [2.75, 3.05) is 6.54 Å². The van der Waals surface area contributed by atoms with Gasteiger partial charge in [0.15, 0.2) is 5.96 Å². The number of benzene rings is 1. The zero-order valence-corrected chi connectivity index (χ0v) is 13.3. The van der Waals surface area contributed by atoms with Crippen LogP contribution in [0.4, 0.5) is 5.69 Å². The lowest BCUT2D eigenvalue weighted by atomic mass is 10.2. The summed E-state index contributed by atoms with van der Waals surface area (Å²) in [5, 5.41) is 19.7. The molecule has 0 aliphatic rings. The van der Waals surface area contributed by atoms with Crippen molar-refractivity contribution in [1.29, 1.82) is 0 Å². The standard InChI is InChI=1S/C12H17N5O6S/c13-12(14)15-7-1-2-10(11(18)19)16-24(22,23)9-5-3-8(4-6-9)17(20)21/h3-6,10,16H,1-2,7H2,(H,18,19)(H4,13,14,15). The van der Waals surface area contributed by atoms with Gasteiger partial charge in [-0.05, 0) is 25.0 Å². The highest BCUT2D eigenvalue weighted by molar-refractivity contribution is 7.89. The number of nitro groups is 1. The minimum atomic E-state index is -4.14. The van der Waals surface area contributed by atoms with Crippen LogP contribution in [0, 0.1) is 10.1 Å². The van der Waals surface area contributed by atoms with E-state index in [4.69, 9.17) is 16.6 Å².